The molecule has 1 amide bonds. The number of amides is 1. The molecule has 0 aliphatic carbocycles. The number of benzene rings is 1. The molecule has 2 aromatic heterocycles. The molecule has 1 aliphatic heterocycles. The molecule has 0 N–H and O–H groups in total. The van der Waals surface area contributed by atoms with Crippen LogP contribution in [0.5, 0.6) is 5.75 Å². The SMILES string of the molecule is O=C(c1cncc(-n2ccnn2)c1)N1CCOc2c(Cl)cccc21. The van der Waals surface area contributed by atoms with E-state index in [1.807, 2.05) is 6.07 Å². The average Bonchev–Trinajstić information content (AvgIpc) is 3.16. The van der Waals surface area contributed by atoms with E-state index in [-0.39, 0.29) is 5.91 Å². The Morgan fingerprint density at radius 2 is 2.21 bits per heavy atom. The van der Waals surface area contributed by atoms with Crippen LogP contribution in [0.15, 0.2) is 49.1 Å². The summed E-state index contributed by atoms with van der Waals surface area (Å²) in [6.45, 7) is 0.832. The first-order chi connectivity index (χ1) is 11.7. The van der Waals surface area contributed by atoms with E-state index in [1.54, 1.807) is 46.4 Å². The van der Waals surface area contributed by atoms with Crippen LogP contribution in [0.1, 0.15) is 10.4 Å². The zero-order valence-corrected chi connectivity index (χ0v) is 13.2. The van der Waals surface area contributed by atoms with Crippen molar-refractivity contribution in [2.24, 2.45) is 0 Å². The van der Waals surface area contributed by atoms with Gasteiger partial charge in [0, 0.05) is 6.20 Å². The van der Waals surface area contributed by atoms with Gasteiger partial charge in [0.05, 0.1) is 47.1 Å². The Morgan fingerprint density at radius 3 is 3.04 bits per heavy atom. The smallest absolute Gasteiger partial charge is 0.260 e. The largest absolute Gasteiger partial charge is 0.488 e. The molecule has 4 rings (SSSR count). The van der Waals surface area contributed by atoms with E-state index < -0.39 is 0 Å². The fraction of sp³-hybridized carbons (Fsp3) is 0.125. The fourth-order valence-electron chi connectivity index (χ4n) is 2.60. The summed E-state index contributed by atoms with van der Waals surface area (Å²) in [5, 5.41) is 8.16. The van der Waals surface area contributed by atoms with Crippen molar-refractivity contribution in [3.8, 4) is 11.4 Å². The summed E-state index contributed by atoms with van der Waals surface area (Å²) in [5.41, 5.74) is 1.78. The maximum Gasteiger partial charge on any atom is 0.260 e. The van der Waals surface area contributed by atoms with Gasteiger partial charge in [0.2, 0.25) is 0 Å². The molecule has 7 nitrogen and oxygen atoms in total. The molecule has 120 valence electrons. The maximum atomic E-state index is 12.9. The highest BCUT2D eigenvalue weighted by Gasteiger charge is 2.26. The monoisotopic (exact) mass is 341 g/mol. The second-order valence-corrected chi connectivity index (χ2v) is 5.58. The van der Waals surface area contributed by atoms with Crippen molar-refractivity contribution < 1.29 is 9.53 Å². The van der Waals surface area contributed by atoms with E-state index in [2.05, 4.69) is 15.3 Å². The summed E-state index contributed by atoms with van der Waals surface area (Å²) >= 11 is 6.16. The van der Waals surface area contributed by atoms with Crippen molar-refractivity contribution >= 4 is 23.2 Å². The van der Waals surface area contributed by atoms with E-state index in [1.165, 1.54) is 6.20 Å². The van der Waals surface area contributed by atoms with Crippen LogP contribution in [0, 0.1) is 0 Å². The number of ether oxygens (including phenoxy) is 1. The highest BCUT2D eigenvalue weighted by Crippen LogP contribution is 2.38. The van der Waals surface area contributed by atoms with Crippen molar-refractivity contribution in [2.75, 3.05) is 18.1 Å². The van der Waals surface area contributed by atoms with Gasteiger partial charge in [-0.15, -0.1) is 5.10 Å². The highest BCUT2D eigenvalue weighted by atomic mass is 35.5. The van der Waals surface area contributed by atoms with E-state index >= 15 is 0 Å². The third kappa shape index (κ3) is 2.48. The highest BCUT2D eigenvalue weighted by molar-refractivity contribution is 6.32. The lowest BCUT2D eigenvalue weighted by Gasteiger charge is -2.30. The standard InChI is InChI=1S/C16H12ClN5O2/c17-13-2-1-3-14-15(13)24-7-6-21(14)16(23)11-8-12(10-18-9-11)22-5-4-19-20-22/h1-5,8-10H,6-7H2. The number of nitrogens with zero attached hydrogens (tertiary/aromatic N) is 5. The third-order valence-corrected chi connectivity index (χ3v) is 4.00. The molecule has 0 atom stereocenters. The van der Waals surface area contributed by atoms with Gasteiger partial charge in [-0.2, -0.15) is 0 Å². The summed E-state index contributed by atoms with van der Waals surface area (Å²) in [5.74, 6) is 0.357. The number of hydrogen-bond donors (Lipinski definition) is 0. The van der Waals surface area contributed by atoms with E-state index in [4.69, 9.17) is 16.3 Å². The first kappa shape index (κ1) is 14.6. The number of halogens is 1. The molecule has 24 heavy (non-hydrogen) atoms. The van der Waals surface area contributed by atoms with Crippen LogP contribution in [0.25, 0.3) is 5.69 Å². The second-order valence-electron chi connectivity index (χ2n) is 5.17. The maximum absolute atomic E-state index is 12.9. The normalized spacial score (nSPS) is 13.3. The van der Waals surface area contributed by atoms with Gasteiger partial charge in [0.1, 0.15) is 6.61 Å². The molecule has 3 heterocycles. The Kier molecular flexibility index (Phi) is 3.62. The Hall–Kier alpha value is -2.93. The van der Waals surface area contributed by atoms with E-state index in [9.17, 15) is 4.79 Å². The molecular weight excluding hydrogens is 330 g/mol. The molecule has 0 bridgehead atoms. The van der Waals surface area contributed by atoms with Crippen LogP contribution in [0.4, 0.5) is 5.69 Å². The summed E-state index contributed by atoms with van der Waals surface area (Å²) in [6, 6.07) is 7.07. The molecule has 0 saturated carbocycles. The summed E-state index contributed by atoms with van der Waals surface area (Å²) in [4.78, 5) is 18.7. The van der Waals surface area contributed by atoms with Crippen molar-refractivity contribution in [1.82, 2.24) is 20.0 Å². The minimum atomic E-state index is -0.170. The lowest BCUT2D eigenvalue weighted by molar-refractivity contribution is 0.0976. The second kappa shape index (κ2) is 5.93. The molecule has 8 heteroatoms. The quantitative estimate of drug-likeness (QED) is 0.715. The Bertz CT molecular complexity index is 897. The van der Waals surface area contributed by atoms with Crippen LogP contribution >= 0.6 is 11.6 Å². The molecule has 0 unspecified atom stereocenters. The van der Waals surface area contributed by atoms with Crippen molar-refractivity contribution in [3.63, 3.8) is 0 Å². The van der Waals surface area contributed by atoms with Crippen molar-refractivity contribution in [1.29, 1.82) is 0 Å². The zero-order valence-electron chi connectivity index (χ0n) is 12.5. The molecule has 0 radical (unpaired) electrons. The van der Waals surface area contributed by atoms with Gasteiger partial charge < -0.3 is 9.64 Å². The molecule has 1 aliphatic rings. The van der Waals surface area contributed by atoms with Gasteiger partial charge in [0.25, 0.3) is 5.91 Å². The van der Waals surface area contributed by atoms with Gasteiger partial charge in [-0.3, -0.25) is 9.78 Å². The third-order valence-electron chi connectivity index (χ3n) is 3.70. The van der Waals surface area contributed by atoms with Crippen molar-refractivity contribution in [3.05, 3.63) is 59.6 Å². The van der Waals surface area contributed by atoms with E-state index in [0.717, 1.165) is 0 Å². The van der Waals surface area contributed by atoms with Gasteiger partial charge in [0.15, 0.2) is 5.75 Å². The lowest BCUT2D eigenvalue weighted by atomic mass is 10.2. The minimum absolute atomic E-state index is 0.170. The topological polar surface area (TPSA) is 73.1 Å². The number of carbonyl (C=O) groups excluding carboxylic acids is 1. The number of anilines is 1. The summed E-state index contributed by atoms with van der Waals surface area (Å²) in [6.07, 6.45) is 6.40. The van der Waals surface area contributed by atoms with Gasteiger partial charge in [-0.1, -0.05) is 22.9 Å². The van der Waals surface area contributed by atoms with Crippen molar-refractivity contribution in [2.45, 2.75) is 0 Å². The average molecular weight is 342 g/mol. The molecule has 0 spiro atoms. The Morgan fingerprint density at radius 1 is 1.29 bits per heavy atom. The van der Waals surface area contributed by atoms with Crippen LogP contribution in [-0.2, 0) is 0 Å². The van der Waals surface area contributed by atoms with Crippen LogP contribution in [-0.4, -0.2) is 39.0 Å². The predicted octanol–water partition coefficient (Wildman–Crippen LogP) is 2.35. The minimum Gasteiger partial charge on any atom is -0.488 e. The number of para-hydroxylation sites is 1. The summed E-state index contributed by atoms with van der Waals surface area (Å²) in [7, 11) is 0. The van der Waals surface area contributed by atoms with Gasteiger partial charge in [-0.25, -0.2) is 4.68 Å². The predicted molar refractivity (Wildman–Crippen MR) is 87.8 cm³/mol. The molecule has 0 saturated heterocycles. The molecule has 1 aromatic carbocycles. The molecule has 0 fully saturated rings. The lowest BCUT2D eigenvalue weighted by Crippen LogP contribution is -2.38. The van der Waals surface area contributed by atoms with Crippen LogP contribution in [0.3, 0.4) is 0 Å². The number of carbonyl (C=O) groups is 1. The van der Waals surface area contributed by atoms with Crippen LogP contribution < -0.4 is 9.64 Å². The van der Waals surface area contributed by atoms with Gasteiger partial charge in [-0.05, 0) is 18.2 Å². The number of fused-ring (bicyclic) bond motifs is 1. The number of pyridine rings is 1. The first-order valence-electron chi connectivity index (χ1n) is 7.29. The first-order valence-corrected chi connectivity index (χ1v) is 7.67. The number of rotatable bonds is 2. The van der Waals surface area contributed by atoms with Gasteiger partial charge >= 0.3 is 0 Å². The number of hydrogen-bond acceptors (Lipinski definition) is 5. The zero-order chi connectivity index (χ0) is 16.5. The fourth-order valence-corrected chi connectivity index (χ4v) is 2.82. The van der Waals surface area contributed by atoms with E-state index in [0.29, 0.717) is 40.9 Å². The van der Waals surface area contributed by atoms with Crippen LogP contribution in [0.2, 0.25) is 5.02 Å². The molecule has 3 aromatic rings. The Labute approximate surface area is 142 Å². The molecular formula is C16H12ClN5O2. The Balaban J connectivity index is 1.71. The summed E-state index contributed by atoms with van der Waals surface area (Å²) < 4.78 is 7.14. The number of aromatic nitrogens is 4.